The number of rotatable bonds is 2. The summed E-state index contributed by atoms with van der Waals surface area (Å²) < 4.78 is 27.0. The van der Waals surface area contributed by atoms with Crippen molar-refractivity contribution in [2.24, 2.45) is 0 Å². The monoisotopic (exact) mass is 411 g/mol. The van der Waals surface area contributed by atoms with E-state index in [-0.39, 0.29) is 4.90 Å². The van der Waals surface area contributed by atoms with E-state index in [0.717, 1.165) is 3.79 Å². The third-order valence-corrected chi connectivity index (χ3v) is 7.52. The Kier molecular flexibility index (Phi) is 3.99. The van der Waals surface area contributed by atoms with Crippen molar-refractivity contribution in [3.05, 3.63) is 12.0 Å². The van der Waals surface area contributed by atoms with Crippen molar-refractivity contribution in [1.29, 1.82) is 0 Å². The van der Waals surface area contributed by atoms with Crippen LogP contribution in [-0.4, -0.2) is 15.5 Å². The molecule has 0 saturated heterocycles. The predicted molar refractivity (Wildman–Crippen MR) is 63.7 cm³/mol. The van der Waals surface area contributed by atoms with Gasteiger partial charge in [-0.1, -0.05) is 0 Å². The minimum absolute atomic E-state index is 0.229. The first-order valence-electron chi connectivity index (χ1n) is 2.97. The third kappa shape index (κ3) is 2.35. The number of halogens is 3. The Bertz CT molecular complexity index is 425. The van der Waals surface area contributed by atoms with Gasteiger partial charge in [-0.15, -0.1) is 11.3 Å². The molecule has 0 radical (unpaired) electrons. The zero-order valence-corrected chi connectivity index (χ0v) is 12.7. The van der Waals surface area contributed by atoms with E-state index in [1.165, 1.54) is 18.4 Å². The molecule has 0 fully saturated rings. The van der Waals surface area contributed by atoms with Crippen LogP contribution in [0.5, 0.6) is 0 Å². The van der Waals surface area contributed by atoms with Crippen LogP contribution in [0.15, 0.2) is 16.9 Å². The molecule has 0 aliphatic carbocycles. The highest BCUT2D eigenvalue weighted by atomic mass is 79.9. The van der Waals surface area contributed by atoms with Gasteiger partial charge >= 0.3 is 0 Å². The van der Waals surface area contributed by atoms with Gasteiger partial charge in [0.15, 0.2) is 0 Å². The molecule has 1 aromatic heterocycles. The van der Waals surface area contributed by atoms with Gasteiger partial charge in [-0.3, -0.25) is 0 Å². The molecule has 13 heavy (non-hydrogen) atoms. The molecule has 0 saturated carbocycles. The van der Waals surface area contributed by atoms with E-state index >= 15 is 0 Å². The fraction of sp³-hybridized carbons (Fsp3) is 0.200. The SMILES string of the molecule is CNS(=O)(=O)c1c(Br)sc(Br)c1Br. The molecule has 1 heterocycles. The Morgan fingerprint density at radius 3 is 2.08 bits per heavy atom. The van der Waals surface area contributed by atoms with Crippen LogP contribution in [0.25, 0.3) is 0 Å². The number of thiophene rings is 1. The van der Waals surface area contributed by atoms with E-state index in [0.29, 0.717) is 8.26 Å². The van der Waals surface area contributed by atoms with Crippen LogP contribution in [0.4, 0.5) is 0 Å². The number of sulfonamides is 1. The van der Waals surface area contributed by atoms with Crippen LogP contribution >= 0.6 is 59.1 Å². The van der Waals surface area contributed by atoms with Crippen molar-refractivity contribution in [3.8, 4) is 0 Å². The summed E-state index contributed by atoms with van der Waals surface area (Å²) in [6.45, 7) is 0. The lowest BCUT2D eigenvalue weighted by Crippen LogP contribution is -2.18. The molecule has 0 aliphatic rings. The van der Waals surface area contributed by atoms with Gasteiger partial charge in [0.25, 0.3) is 0 Å². The van der Waals surface area contributed by atoms with Gasteiger partial charge in [-0.05, 0) is 54.8 Å². The smallest absolute Gasteiger partial charge is 0.214 e. The van der Waals surface area contributed by atoms with Gasteiger partial charge in [0.1, 0.15) is 4.90 Å². The zero-order valence-electron chi connectivity index (χ0n) is 6.27. The average molecular weight is 414 g/mol. The highest BCUT2D eigenvalue weighted by Gasteiger charge is 2.23. The molecular weight excluding hydrogens is 410 g/mol. The largest absolute Gasteiger partial charge is 0.243 e. The first-order chi connectivity index (χ1) is 5.90. The summed E-state index contributed by atoms with van der Waals surface area (Å²) >= 11 is 10.9. The van der Waals surface area contributed by atoms with Gasteiger partial charge in [0.2, 0.25) is 10.0 Å². The maximum atomic E-state index is 11.5. The Morgan fingerprint density at radius 2 is 1.77 bits per heavy atom. The number of hydrogen-bond donors (Lipinski definition) is 1. The average Bonchev–Trinajstić information content (AvgIpc) is 2.27. The maximum Gasteiger partial charge on any atom is 0.243 e. The van der Waals surface area contributed by atoms with Crippen LogP contribution in [-0.2, 0) is 10.0 Å². The van der Waals surface area contributed by atoms with E-state index in [1.807, 2.05) is 0 Å². The van der Waals surface area contributed by atoms with Crippen molar-refractivity contribution in [2.75, 3.05) is 7.05 Å². The minimum Gasteiger partial charge on any atom is -0.214 e. The zero-order chi connectivity index (χ0) is 10.2. The topological polar surface area (TPSA) is 46.2 Å². The fourth-order valence-electron chi connectivity index (χ4n) is 0.671. The number of hydrogen-bond acceptors (Lipinski definition) is 3. The first kappa shape index (κ1) is 12.1. The quantitative estimate of drug-likeness (QED) is 0.810. The lowest BCUT2D eigenvalue weighted by Gasteiger charge is -2.00. The minimum atomic E-state index is -3.40. The fourth-order valence-corrected chi connectivity index (χ4v) is 6.75. The molecule has 3 nitrogen and oxygen atoms in total. The molecule has 1 rings (SSSR count). The standard InChI is InChI=1S/C5H4Br3NO2S2/c1-9-13(10,11)3-2(6)4(7)12-5(3)8/h9H,1H3. The van der Waals surface area contributed by atoms with Crippen LogP contribution < -0.4 is 4.72 Å². The second kappa shape index (κ2) is 4.28. The summed E-state index contributed by atoms with van der Waals surface area (Å²) in [7, 11) is -2.03. The normalized spacial score (nSPS) is 12.0. The molecular formula is C5H4Br3NO2S2. The van der Waals surface area contributed by atoms with Gasteiger partial charge in [0.05, 0.1) is 12.0 Å². The van der Waals surface area contributed by atoms with E-state index in [4.69, 9.17) is 0 Å². The van der Waals surface area contributed by atoms with E-state index in [9.17, 15) is 8.42 Å². The van der Waals surface area contributed by atoms with Crippen LogP contribution in [0.3, 0.4) is 0 Å². The third-order valence-electron chi connectivity index (χ3n) is 1.27. The molecule has 1 aromatic rings. The van der Waals surface area contributed by atoms with E-state index < -0.39 is 10.0 Å². The Labute approximate surface area is 105 Å². The van der Waals surface area contributed by atoms with Gasteiger partial charge in [-0.2, -0.15) is 0 Å². The van der Waals surface area contributed by atoms with Crippen LogP contribution in [0.1, 0.15) is 0 Å². The highest BCUT2D eigenvalue weighted by molar-refractivity contribution is 9.14. The molecule has 0 spiro atoms. The van der Waals surface area contributed by atoms with Crippen LogP contribution in [0.2, 0.25) is 0 Å². The molecule has 8 heteroatoms. The summed E-state index contributed by atoms with van der Waals surface area (Å²) in [5.74, 6) is 0. The molecule has 1 N–H and O–H groups in total. The van der Waals surface area contributed by atoms with Crippen molar-refractivity contribution >= 4 is 69.1 Å². The van der Waals surface area contributed by atoms with Gasteiger partial charge < -0.3 is 0 Å². The van der Waals surface area contributed by atoms with E-state index in [1.54, 1.807) is 0 Å². The van der Waals surface area contributed by atoms with Gasteiger partial charge in [-0.25, -0.2) is 13.1 Å². The lowest BCUT2D eigenvalue weighted by atomic mass is 10.7. The van der Waals surface area contributed by atoms with Crippen molar-refractivity contribution < 1.29 is 8.42 Å². The Morgan fingerprint density at radius 1 is 1.23 bits per heavy atom. The predicted octanol–water partition coefficient (Wildman–Crippen LogP) is 2.94. The summed E-state index contributed by atoms with van der Waals surface area (Å²) in [6.07, 6.45) is 0. The Balaban J connectivity index is 3.47. The molecule has 0 aromatic carbocycles. The van der Waals surface area contributed by atoms with Crippen molar-refractivity contribution in [1.82, 2.24) is 4.72 Å². The van der Waals surface area contributed by atoms with E-state index in [2.05, 4.69) is 52.5 Å². The van der Waals surface area contributed by atoms with Crippen molar-refractivity contribution in [2.45, 2.75) is 4.90 Å². The maximum absolute atomic E-state index is 11.5. The van der Waals surface area contributed by atoms with Gasteiger partial charge in [0, 0.05) is 0 Å². The molecule has 0 aliphatic heterocycles. The highest BCUT2D eigenvalue weighted by Crippen LogP contribution is 2.42. The van der Waals surface area contributed by atoms with Crippen molar-refractivity contribution in [3.63, 3.8) is 0 Å². The molecule has 0 atom stereocenters. The summed E-state index contributed by atoms with van der Waals surface area (Å²) in [6, 6.07) is 0. The molecule has 0 bridgehead atoms. The molecule has 0 amide bonds. The Hall–Kier alpha value is 1.05. The summed E-state index contributed by atoms with van der Waals surface area (Å²) in [5, 5.41) is 0. The first-order valence-corrected chi connectivity index (χ1v) is 7.65. The summed E-state index contributed by atoms with van der Waals surface area (Å²) in [5.41, 5.74) is 0. The second-order valence-electron chi connectivity index (χ2n) is 2.00. The second-order valence-corrected chi connectivity index (χ2v) is 8.27. The lowest BCUT2D eigenvalue weighted by molar-refractivity contribution is 0.588. The molecule has 74 valence electrons. The number of nitrogens with one attached hydrogen (secondary N) is 1. The van der Waals surface area contributed by atoms with Crippen LogP contribution in [0, 0.1) is 0 Å². The molecule has 0 unspecified atom stereocenters. The summed E-state index contributed by atoms with van der Waals surface area (Å²) in [4.78, 5) is 0.229.